The van der Waals surface area contributed by atoms with Gasteiger partial charge in [-0.05, 0) is 36.4 Å². The molecule has 2 aromatic rings. The molecule has 0 aliphatic rings. The zero-order chi connectivity index (χ0) is 12.3. The summed E-state index contributed by atoms with van der Waals surface area (Å²) in [6.45, 7) is 0. The second kappa shape index (κ2) is 4.52. The highest BCUT2D eigenvalue weighted by molar-refractivity contribution is 5.87. The van der Waals surface area contributed by atoms with Gasteiger partial charge in [-0.3, -0.25) is 0 Å². The molecule has 0 aliphatic carbocycles. The molecule has 1 aromatic carbocycles. The van der Waals surface area contributed by atoms with Crippen molar-refractivity contribution in [2.75, 3.05) is 0 Å². The monoisotopic (exact) mass is 230 g/mol. The summed E-state index contributed by atoms with van der Waals surface area (Å²) in [6, 6.07) is 10.0. The third kappa shape index (κ3) is 2.17. The lowest BCUT2D eigenvalue weighted by Crippen LogP contribution is -2.00. The highest BCUT2D eigenvalue weighted by Gasteiger charge is 2.04. The number of carboxylic acid groups (broad SMARTS) is 1. The molecule has 17 heavy (non-hydrogen) atoms. The summed E-state index contributed by atoms with van der Waals surface area (Å²) in [5, 5.41) is 20.3. The predicted molar refractivity (Wildman–Crippen MR) is 62.1 cm³/mol. The fourth-order valence-electron chi connectivity index (χ4n) is 1.56. The van der Waals surface area contributed by atoms with Crippen LogP contribution in [0.25, 0.3) is 5.69 Å². The largest absolute Gasteiger partial charge is 0.478 e. The van der Waals surface area contributed by atoms with Gasteiger partial charge in [0.05, 0.1) is 17.5 Å². The molecule has 0 bridgehead atoms. The van der Waals surface area contributed by atoms with Crippen LogP contribution in [0, 0.1) is 0 Å². The van der Waals surface area contributed by atoms with E-state index in [9.17, 15) is 4.79 Å². The van der Waals surface area contributed by atoms with E-state index in [1.54, 1.807) is 29.0 Å². The van der Waals surface area contributed by atoms with Crippen molar-refractivity contribution in [2.45, 2.75) is 0 Å². The lowest BCUT2D eigenvalue weighted by Gasteiger charge is -2.05. The van der Waals surface area contributed by atoms with Crippen molar-refractivity contribution in [3.8, 4) is 5.69 Å². The lowest BCUT2D eigenvalue weighted by atomic mass is 10.2. The first-order chi connectivity index (χ1) is 8.22. The number of rotatable bonds is 3. The average Bonchev–Trinajstić information content (AvgIpc) is 2.78. The van der Waals surface area contributed by atoms with Crippen molar-refractivity contribution >= 4 is 12.2 Å². The molecule has 2 N–H and O–H groups in total. The first-order valence-electron chi connectivity index (χ1n) is 4.91. The van der Waals surface area contributed by atoms with Crippen LogP contribution in [0.4, 0.5) is 0 Å². The average molecular weight is 230 g/mol. The Hall–Kier alpha value is -2.56. The smallest absolute Gasteiger partial charge is 0.335 e. The Labute approximate surface area is 97.2 Å². The van der Waals surface area contributed by atoms with Crippen LogP contribution in [0.3, 0.4) is 0 Å². The number of carbonyl (C=O) groups is 1. The van der Waals surface area contributed by atoms with Crippen LogP contribution in [0.1, 0.15) is 16.1 Å². The Morgan fingerprint density at radius 1 is 1.24 bits per heavy atom. The standard InChI is InChI=1S/C12H10N2O3/c15-12(16)9-3-5-10(6-4-9)14-7-1-2-11(14)8-13-17/h1-8,17H,(H,15,16). The number of nitrogens with zero attached hydrogens (tertiary/aromatic N) is 2. The molecule has 2 rings (SSSR count). The van der Waals surface area contributed by atoms with Crippen molar-refractivity contribution in [1.82, 2.24) is 4.57 Å². The number of benzene rings is 1. The second-order valence-corrected chi connectivity index (χ2v) is 3.40. The first kappa shape index (κ1) is 10.9. The maximum absolute atomic E-state index is 10.7. The topological polar surface area (TPSA) is 74.8 Å². The highest BCUT2D eigenvalue weighted by atomic mass is 16.4. The molecule has 1 heterocycles. The summed E-state index contributed by atoms with van der Waals surface area (Å²) in [5.74, 6) is -0.957. The van der Waals surface area contributed by atoms with Crippen molar-refractivity contribution in [2.24, 2.45) is 5.16 Å². The van der Waals surface area contributed by atoms with Crippen LogP contribution in [-0.2, 0) is 0 Å². The normalized spacial score (nSPS) is 10.8. The molecular formula is C12H10N2O3. The number of carboxylic acids is 1. The molecule has 0 unspecified atom stereocenters. The van der Waals surface area contributed by atoms with E-state index in [2.05, 4.69) is 5.16 Å². The third-order valence-electron chi connectivity index (χ3n) is 2.36. The Morgan fingerprint density at radius 2 is 1.94 bits per heavy atom. The minimum absolute atomic E-state index is 0.235. The maximum Gasteiger partial charge on any atom is 0.335 e. The number of hydrogen-bond donors (Lipinski definition) is 2. The fraction of sp³-hybridized carbons (Fsp3) is 0. The van der Waals surface area contributed by atoms with E-state index in [4.69, 9.17) is 10.3 Å². The van der Waals surface area contributed by atoms with Crippen LogP contribution >= 0.6 is 0 Å². The van der Waals surface area contributed by atoms with Gasteiger partial charge in [-0.15, -0.1) is 0 Å². The zero-order valence-electron chi connectivity index (χ0n) is 8.82. The molecule has 0 radical (unpaired) electrons. The van der Waals surface area contributed by atoms with E-state index in [-0.39, 0.29) is 5.56 Å². The predicted octanol–water partition coefficient (Wildman–Crippen LogP) is 1.98. The van der Waals surface area contributed by atoms with Gasteiger partial charge in [0.15, 0.2) is 0 Å². The lowest BCUT2D eigenvalue weighted by molar-refractivity contribution is 0.0697. The molecule has 0 saturated carbocycles. The van der Waals surface area contributed by atoms with E-state index in [1.165, 1.54) is 18.3 Å². The van der Waals surface area contributed by atoms with Crippen LogP contribution < -0.4 is 0 Å². The Morgan fingerprint density at radius 3 is 2.53 bits per heavy atom. The van der Waals surface area contributed by atoms with E-state index >= 15 is 0 Å². The summed E-state index contributed by atoms with van der Waals surface area (Å²) in [6.07, 6.45) is 3.11. The van der Waals surface area contributed by atoms with Crippen molar-refractivity contribution in [3.05, 3.63) is 53.9 Å². The van der Waals surface area contributed by atoms with Gasteiger partial charge in [0.25, 0.3) is 0 Å². The van der Waals surface area contributed by atoms with Crippen molar-refractivity contribution in [3.63, 3.8) is 0 Å². The Bertz CT molecular complexity index is 555. The molecule has 0 amide bonds. The minimum Gasteiger partial charge on any atom is -0.478 e. The maximum atomic E-state index is 10.7. The highest BCUT2D eigenvalue weighted by Crippen LogP contribution is 2.12. The molecule has 0 atom stereocenters. The van der Waals surface area contributed by atoms with Crippen LogP contribution in [0.5, 0.6) is 0 Å². The van der Waals surface area contributed by atoms with Crippen LogP contribution in [-0.4, -0.2) is 27.1 Å². The number of hydrogen-bond acceptors (Lipinski definition) is 3. The van der Waals surface area contributed by atoms with Crippen molar-refractivity contribution < 1.29 is 15.1 Å². The summed E-state index contributed by atoms with van der Waals surface area (Å²) in [7, 11) is 0. The summed E-state index contributed by atoms with van der Waals surface area (Å²) in [5.41, 5.74) is 1.74. The SMILES string of the molecule is O=C(O)c1ccc(-n2cccc2C=NO)cc1. The number of oxime groups is 1. The van der Waals surface area contributed by atoms with Gasteiger partial charge in [-0.2, -0.15) is 0 Å². The Balaban J connectivity index is 2.39. The molecule has 0 spiro atoms. The quantitative estimate of drug-likeness (QED) is 0.481. The zero-order valence-corrected chi connectivity index (χ0v) is 8.82. The van der Waals surface area contributed by atoms with Crippen LogP contribution in [0.2, 0.25) is 0 Å². The molecular weight excluding hydrogens is 220 g/mol. The van der Waals surface area contributed by atoms with Gasteiger partial charge in [0, 0.05) is 11.9 Å². The van der Waals surface area contributed by atoms with Gasteiger partial charge in [-0.1, -0.05) is 5.16 Å². The van der Waals surface area contributed by atoms with Crippen molar-refractivity contribution in [1.29, 1.82) is 0 Å². The van der Waals surface area contributed by atoms with E-state index < -0.39 is 5.97 Å². The van der Waals surface area contributed by atoms with E-state index in [0.29, 0.717) is 5.69 Å². The van der Waals surface area contributed by atoms with Gasteiger partial charge in [-0.25, -0.2) is 4.79 Å². The third-order valence-corrected chi connectivity index (χ3v) is 2.36. The number of aromatic nitrogens is 1. The second-order valence-electron chi connectivity index (χ2n) is 3.40. The molecule has 0 saturated heterocycles. The minimum atomic E-state index is -0.957. The fourth-order valence-corrected chi connectivity index (χ4v) is 1.56. The molecule has 5 nitrogen and oxygen atoms in total. The van der Waals surface area contributed by atoms with Crippen LogP contribution in [0.15, 0.2) is 47.8 Å². The van der Waals surface area contributed by atoms with Gasteiger partial charge in [0.2, 0.25) is 0 Å². The van der Waals surface area contributed by atoms with Gasteiger partial charge >= 0.3 is 5.97 Å². The molecule has 0 fully saturated rings. The summed E-state index contributed by atoms with van der Waals surface area (Å²) < 4.78 is 1.78. The Kier molecular flexibility index (Phi) is 2.91. The first-order valence-corrected chi connectivity index (χ1v) is 4.91. The summed E-state index contributed by atoms with van der Waals surface area (Å²) >= 11 is 0. The van der Waals surface area contributed by atoms with E-state index in [0.717, 1.165) is 5.69 Å². The van der Waals surface area contributed by atoms with Gasteiger partial charge in [0.1, 0.15) is 0 Å². The van der Waals surface area contributed by atoms with E-state index in [1.807, 2.05) is 6.07 Å². The summed E-state index contributed by atoms with van der Waals surface area (Å²) in [4.78, 5) is 10.7. The molecule has 86 valence electrons. The van der Waals surface area contributed by atoms with Gasteiger partial charge < -0.3 is 14.9 Å². The molecule has 1 aromatic heterocycles. The molecule has 0 aliphatic heterocycles. The molecule has 5 heteroatoms. The number of aromatic carboxylic acids is 1.